The Bertz CT molecular complexity index is 602. The maximum atomic E-state index is 5.28. The van der Waals surface area contributed by atoms with E-state index in [0.717, 1.165) is 26.2 Å². The smallest absolute Gasteiger partial charge is 0.133 e. The summed E-state index contributed by atoms with van der Waals surface area (Å²) in [6.07, 6.45) is 0. The molecule has 0 unspecified atom stereocenters. The second kappa shape index (κ2) is 10.0. The van der Waals surface area contributed by atoms with Crippen molar-refractivity contribution in [3.63, 3.8) is 0 Å². The first-order chi connectivity index (χ1) is 11.6. The third kappa shape index (κ3) is 6.43. The molecule has 6 heteroatoms. The Labute approximate surface area is 165 Å². The fourth-order valence-corrected chi connectivity index (χ4v) is 2.99. The number of hydrogen-bond acceptors (Lipinski definition) is 2. The molecule has 2 aromatic carbocycles. The van der Waals surface area contributed by atoms with Gasteiger partial charge < -0.3 is 9.80 Å². The van der Waals surface area contributed by atoms with Crippen LogP contribution in [0.5, 0.6) is 0 Å². The van der Waals surface area contributed by atoms with Gasteiger partial charge in [0.05, 0.1) is 0 Å². The van der Waals surface area contributed by atoms with Crippen molar-refractivity contribution in [3.05, 3.63) is 71.8 Å². The molecule has 0 spiro atoms. The fourth-order valence-electron chi connectivity index (χ4n) is 2.33. The topological polar surface area (TPSA) is 6.48 Å². The van der Waals surface area contributed by atoms with E-state index in [4.69, 9.17) is 24.4 Å². The molecule has 0 N–H and O–H groups in total. The van der Waals surface area contributed by atoms with Gasteiger partial charge in [-0.05, 0) is 11.1 Å². The van der Waals surface area contributed by atoms with Crippen LogP contribution in [0, 0.1) is 0 Å². The Kier molecular flexibility index (Phi) is 8.05. The van der Waals surface area contributed by atoms with Crippen molar-refractivity contribution < 1.29 is 0 Å². The van der Waals surface area contributed by atoms with E-state index in [2.05, 4.69) is 59.3 Å². The zero-order chi connectivity index (χ0) is 17.4. The highest BCUT2D eigenvalue weighted by Gasteiger charge is 2.12. The molecule has 0 aliphatic carbocycles. The first-order valence-electron chi connectivity index (χ1n) is 7.60. The summed E-state index contributed by atoms with van der Waals surface area (Å²) in [4.78, 5) is 4.13. The predicted molar refractivity (Wildman–Crippen MR) is 117 cm³/mol. The summed E-state index contributed by atoms with van der Waals surface area (Å²) in [5.41, 5.74) is 2.41. The highest BCUT2D eigenvalue weighted by Crippen LogP contribution is 2.11. The van der Waals surface area contributed by atoms with Crippen LogP contribution in [0.4, 0.5) is 0 Å². The third-order valence-electron chi connectivity index (χ3n) is 3.61. The summed E-state index contributed by atoms with van der Waals surface area (Å²) >= 11 is 19.3. The van der Waals surface area contributed by atoms with Crippen LogP contribution in [-0.2, 0) is 13.1 Å². The Morgan fingerprint density at radius 1 is 0.667 bits per heavy atom. The molecule has 0 saturated heterocycles. The number of thiocarbonyl (C=S) groups is 2. The van der Waals surface area contributed by atoms with Crippen molar-refractivity contribution in [2.45, 2.75) is 13.1 Å². The lowest BCUT2D eigenvalue weighted by atomic mass is 10.2. The summed E-state index contributed by atoms with van der Waals surface area (Å²) in [6, 6.07) is 20.5. The van der Waals surface area contributed by atoms with Crippen molar-refractivity contribution in [2.75, 3.05) is 13.1 Å². The molecule has 2 aromatic rings. The number of benzene rings is 2. The molecule has 0 fully saturated rings. The second-order valence-corrected chi connectivity index (χ2v) is 7.61. The number of hydrogen-bond donors (Lipinski definition) is 2. The quantitative estimate of drug-likeness (QED) is 0.532. The van der Waals surface area contributed by atoms with Crippen molar-refractivity contribution in [1.29, 1.82) is 0 Å². The zero-order valence-corrected chi connectivity index (χ0v) is 16.6. The number of thiol groups is 2. The van der Waals surface area contributed by atoms with Gasteiger partial charge >= 0.3 is 0 Å². The molecule has 0 atom stereocenters. The van der Waals surface area contributed by atoms with Crippen molar-refractivity contribution in [3.8, 4) is 0 Å². The highest BCUT2D eigenvalue weighted by molar-refractivity contribution is 8.11. The molecular weight excluding hydrogens is 372 g/mol. The summed E-state index contributed by atoms with van der Waals surface area (Å²) in [6.45, 7) is 2.96. The van der Waals surface area contributed by atoms with E-state index in [0.29, 0.717) is 8.64 Å². The van der Waals surface area contributed by atoms with Gasteiger partial charge in [-0.2, -0.15) is 0 Å². The lowest BCUT2D eigenvalue weighted by Crippen LogP contribution is -2.37. The Morgan fingerprint density at radius 3 is 1.29 bits per heavy atom. The number of nitrogens with zero attached hydrogens (tertiary/aromatic N) is 2. The molecule has 0 heterocycles. The first-order valence-corrected chi connectivity index (χ1v) is 9.31. The highest BCUT2D eigenvalue weighted by atomic mass is 32.1. The van der Waals surface area contributed by atoms with Gasteiger partial charge in [0.1, 0.15) is 8.64 Å². The average Bonchev–Trinajstić information content (AvgIpc) is 2.58. The fraction of sp³-hybridized carbons (Fsp3) is 0.222. The molecule has 0 saturated carbocycles. The molecule has 0 aliphatic rings. The monoisotopic (exact) mass is 392 g/mol. The minimum Gasteiger partial charge on any atom is -0.352 e. The maximum Gasteiger partial charge on any atom is 0.133 e. The van der Waals surface area contributed by atoms with Crippen molar-refractivity contribution in [2.24, 2.45) is 0 Å². The molecule has 24 heavy (non-hydrogen) atoms. The normalized spacial score (nSPS) is 10.2. The molecule has 0 aliphatic heterocycles. The van der Waals surface area contributed by atoms with E-state index < -0.39 is 0 Å². The SMILES string of the molecule is S=C(S)N(CCN(Cc1ccccc1)C(=S)S)Cc1ccccc1. The van der Waals surface area contributed by atoms with Crippen LogP contribution in [0.1, 0.15) is 11.1 Å². The second-order valence-electron chi connectivity index (χ2n) is 5.38. The Hall–Kier alpha value is -1.08. The van der Waals surface area contributed by atoms with Crippen molar-refractivity contribution >= 4 is 58.3 Å². The zero-order valence-electron chi connectivity index (χ0n) is 13.2. The Morgan fingerprint density at radius 2 is 1.00 bits per heavy atom. The third-order valence-corrected chi connectivity index (χ3v) is 4.70. The van der Waals surface area contributed by atoms with Gasteiger partial charge in [0.15, 0.2) is 0 Å². The lowest BCUT2D eigenvalue weighted by molar-refractivity contribution is 0.343. The standard InChI is InChI=1S/C18H20N2S4/c21-17(22)19(13-15-7-3-1-4-8-15)11-12-20(18(23)24)14-16-9-5-2-6-10-16/h1-10H,11-14H2,(H,21,22)(H,23,24). The molecular formula is C18H20N2S4. The Balaban J connectivity index is 1.97. The van der Waals surface area contributed by atoms with Gasteiger partial charge in [-0.25, -0.2) is 0 Å². The van der Waals surface area contributed by atoms with Gasteiger partial charge in [0, 0.05) is 26.2 Å². The van der Waals surface area contributed by atoms with E-state index in [1.165, 1.54) is 11.1 Å². The number of rotatable bonds is 7. The summed E-state index contributed by atoms with van der Waals surface area (Å²) in [7, 11) is 0. The molecule has 0 aromatic heterocycles. The van der Waals surface area contributed by atoms with E-state index in [-0.39, 0.29) is 0 Å². The largest absolute Gasteiger partial charge is 0.352 e. The van der Waals surface area contributed by atoms with E-state index in [1.807, 2.05) is 36.4 Å². The minimum absolute atomic E-state index is 0.587. The van der Waals surface area contributed by atoms with Crippen molar-refractivity contribution in [1.82, 2.24) is 9.80 Å². The molecule has 2 rings (SSSR count). The van der Waals surface area contributed by atoms with Gasteiger partial charge in [-0.15, -0.1) is 25.3 Å². The molecule has 0 amide bonds. The van der Waals surface area contributed by atoms with Gasteiger partial charge in [-0.1, -0.05) is 85.1 Å². The van der Waals surface area contributed by atoms with Gasteiger partial charge in [0.2, 0.25) is 0 Å². The van der Waals surface area contributed by atoms with Crippen LogP contribution in [0.15, 0.2) is 60.7 Å². The summed E-state index contributed by atoms with van der Waals surface area (Å²) < 4.78 is 1.17. The molecule has 0 radical (unpaired) electrons. The lowest BCUT2D eigenvalue weighted by Gasteiger charge is -2.28. The molecule has 2 nitrogen and oxygen atoms in total. The van der Waals surface area contributed by atoms with E-state index >= 15 is 0 Å². The summed E-state index contributed by atoms with van der Waals surface area (Å²) in [5, 5.41) is 0. The predicted octanol–water partition coefficient (Wildman–Crippen LogP) is 4.42. The average molecular weight is 393 g/mol. The van der Waals surface area contributed by atoms with Crippen LogP contribution < -0.4 is 0 Å². The van der Waals surface area contributed by atoms with Gasteiger partial charge in [0.25, 0.3) is 0 Å². The van der Waals surface area contributed by atoms with Crippen LogP contribution in [0.2, 0.25) is 0 Å². The van der Waals surface area contributed by atoms with Crippen LogP contribution in [0.25, 0.3) is 0 Å². The van der Waals surface area contributed by atoms with Crippen LogP contribution >= 0.6 is 49.7 Å². The first kappa shape index (κ1) is 19.2. The van der Waals surface area contributed by atoms with E-state index in [9.17, 15) is 0 Å². The van der Waals surface area contributed by atoms with Crippen LogP contribution in [0.3, 0.4) is 0 Å². The van der Waals surface area contributed by atoms with E-state index in [1.54, 1.807) is 0 Å². The maximum absolute atomic E-state index is 5.28. The molecule has 126 valence electrons. The van der Waals surface area contributed by atoms with Gasteiger partial charge in [-0.3, -0.25) is 0 Å². The van der Waals surface area contributed by atoms with Crippen LogP contribution in [-0.4, -0.2) is 31.5 Å². The summed E-state index contributed by atoms with van der Waals surface area (Å²) in [5.74, 6) is 0. The molecule has 0 bridgehead atoms. The minimum atomic E-state index is 0.587.